The molecular formula is C11H17ClN2O3S. The van der Waals surface area contributed by atoms with Crippen molar-refractivity contribution < 1.29 is 13.2 Å². The van der Waals surface area contributed by atoms with Crippen LogP contribution in [0.3, 0.4) is 0 Å². The highest BCUT2D eigenvalue weighted by Gasteiger charge is 2.18. The molecule has 1 aromatic rings. The first-order valence-electron chi connectivity index (χ1n) is 5.35. The van der Waals surface area contributed by atoms with Crippen molar-refractivity contribution in [1.29, 1.82) is 0 Å². The van der Waals surface area contributed by atoms with Crippen LogP contribution in [-0.2, 0) is 14.6 Å². The zero-order valence-electron chi connectivity index (χ0n) is 10.6. The Morgan fingerprint density at radius 1 is 1.56 bits per heavy atom. The van der Waals surface area contributed by atoms with Gasteiger partial charge in [-0.25, -0.2) is 13.4 Å². The van der Waals surface area contributed by atoms with Crippen LogP contribution >= 0.6 is 11.6 Å². The molecule has 1 atom stereocenters. The smallest absolute Gasteiger partial charge is 0.179 e. The van der Waals surface area contributed by atoms with Gasteiger partial charge in [0, 0.05) is 33.2 Å². The van der Waals surface area contributed by atoms with E-state index in [0.717, 1.165) is 6.26 Å². The van der Waals surface area contributed by atoms with Crippen LogP contribution in [0.4, 0.5) is 5.82 Å². The van der Waals surface area contributed by atoms with Crippen LogP contribution in [0.2, 0.25) is 0 Å². The maximum absolute atomic E-state index is 11.6. The number of hydrogen-bond acceptors (Lipinski definition) is 5. The zero-order chi connectivity index (χ0) is 13.8. The van der Waals surface area contributed by atoms with Gasteiger partial charge < -0.3 is 9.64 Å². The van der Waals surface area contributed by atoms with Gasteiger partial charge in [-0.05, 0) is 12.1 Å². The Labute approximate surface area is 113 Å². The maximum Gasteiger partial charge on any atom is 0.179 e. The Balaban J connectivity index is 2.96. The topological polar surface area (TPSA) is 59.5 Å². The summed E-state index contributed by atoms with van der Waals surface area (Å²) in [6.07, 6.45) is 2.72. The van der Waals surface area contributed by atoms with Crippen LogP contribution in [0.5, 0.6) is 0 Å². The second-order valence-corrected chi connectivity index (χ2v) is 6.63. The molecule has 0 fully saturated rings. The van der Waals surface area contributed by atoms with Crippen molar-refractivity contribution in [3.05, 3.63) is 18.3 Å². The molecule has 0 aliphatic heterocycles. The summed E-state index contributed by atoms with van der Waals surface area (Å²) in [6.45, 7) is 0.849. The lowest BCUT2D eigenvalue weighted by atomic mass is 10.3. The van der Waals surface area contributed by atoms with Gasteiger partial charge in [0.05, 0.1) is 12.0 Å². The summed E-state index contributed by atoms with van der Waals surface area (Å²) in [7, 11) is 0.0145. The molecule has 0 bridgehead atoms. The van der Waals surface area contributed by atoms with E-state index in [1.807, 2.05) is 0 Å². The van der Waals surface area contributed by atoms with Gasteiger partial charge in [0.2, 0.25) is 0 Å². The second-order valence-electron chi connectivity index (χ2n) is 4.03. The number of halogens is 1. The average Bonchev–Trinajstić information content (AvgIpc) is 2.28. The Bertz CT molecular complexity index is 493. The third-order valence-electron chi connectivity index (χ3n) is 2.33. The van der Waals surface area contributed by atoms with Gasteiger partial charge in [0.25, 0.3) is 0 Å². The van der Waals surface area contributed by atoms with Gasteiger partial charge in [0.1, 0.15) is 10.7 Å². The quantitative estimate of drug-likeness (QED) is 0.737. The number of alkyl halides is 1. The van der Waals surface area contributed by atoms with Gasteiger partial charge in [0.15, 0.2) is 9.84 Å². The predicted molar refractivity (Wildman–Crippen MR) is 72.1 cm³/mol. The summed E-state index contributed by atoms with van der Waals surface area (Å²) >= 11 is 6.05. The van der Waals surface area contributed by atoms with E-state index in [4.69, 9.17) is 16.3 Å². The summed E-state index contributed by atoms with van der Waals surface area (Å²) in [4.78, 5) is 6.02. The van der Waals surface area contributed by atoms with Gasteiger partial charge >= 0.3 is 0 Å². The van der Waals surface area contributed by atoms with Crippen molar-refractivity contribution >= 4 is 27.3 Å². The summed E-state index contributed by atoms with van der Waals surface area (Å²) < 4.78 is 28.2. The van der Waals surface area contributed by atoms with Crippen molar-refractivity contribution in [2.24, 2.45) is 0 Å². The van der Waals surface area contributed by atoms with Gasteiger partial charge in [-0.3, -0.25) is 0 Å². The summed E-state index contributed by atoms with van der Waals surface area (Å²) in [5, 5.41) is -0.227. The minimum Gasteiger partial charge on any atom is -0.383 e. The highest BCUT2D eigenvalue weighted by Crippen LogP contribution is 2.21. The third kappa shape index (κ3) is 4.12. The number of ether oxygens (including phenoxy) is 1. The van der Waals surface area contributed by atoms with Crippen LogP contribution in [0, 0.1) is 0 Å². The summed E-state index contributed by atoms with van der Waals surface area (Å²) in [6, 6.07) is 3.13. The molecule has 0 aliphatic rings. The van der Waals surface area contributed by atoms with Crippen molar-refractivity contribution in [3.8, 4) is 0 Å². The highest BCUT2D eigenvalue weighted by molar-refractivity contribution is 7.90. The number of pyridine rings is 1. The van der Waals surface area contributed by atoms with Gasteiger partial charge in [-0.15, -0.1) is 11.6 Å². The number of methoxy groups -OCH3 is 1. The third-order valence-corrected chi connectivity index (χ3v) is 3.71. The number of aromatic nitrogens is 1. The lowest BCUT2D eigenvalue weighted by Gasteiger charge is -2.22. The molecule has 0 N–H and O–H groups in total. The molecule has 18 heavy (non-hydrogen) atoms. The van der Waals surface area contributed by atoms with E-state index >= 15 is 0 Å². The van der Waals surface area contributed by atoms with Crippen LogP contribution in [-0.4, -0.2) is 52.3 Å². The standard InChI is InChI=1S/C11H17ClN2O3S/c1-14(7-9(12)8-17-2)11-10(18(3,15)16)5-4-6-13-11/h4-6,9H,7-8H2,1-3H3. The molecule has 0 saturated carbocycles. The van der Waals surface area contributed by atoms with Gasteiger partial charge in [-0.2, -0.15) is 0 Å². The molecule has 0 amide bonds. The van der Waals surface area contributed by atoms with E-state index in [9.17, 15) is 8.42 Å². The van der Waals surface area contributed by atoms with Crippen LogP contribution in [0.25, 0.3) is 0 Å². The first-order valence-corrected chi connectivity index (χ1v) is 7.68. The van der Waals surface area contributed by atoms with E-state index in [1.54, 1.807) is 31.3 Å². The highest BCUT2D eigenvalue weighted by atomic mass is 35.5. The summed E-state index contributed by atoms with van der Waals surface area (Å²) in [5.74, 6) is 0.404. The molecule has 0 aromatic carbocycles. The molecule has 0 radical (unpaired) electrons. The molecule has 1 heterocycles. The second kappa shape index (κ2) is 6.36. The lowest BCUT2D eigenvalue weighted by Crippen LogP contribution is -2.30. The van der Waals surface area contributed by atoms with E-state index < -0.39 is 9.84 Å². The Morgan fingerprint density at radius 3 is 2.78 bits per heavy atom. The largest absolute Gasteiger partial charge is 0.383 e. The van der Waals surface area contributed by atoms with Crippen molar-refractivity contribution in [2.75, 3.05) is 38.5 Å². The molecule has 7 heteroatoms. The van der Waals surface area contributed by atoms with Crippen LogP contribution < -0.4 is 4.90 Å². The Kier molecular flexibility index (Phi) is 5.37. The van der Waals surface area contributed by atoms with Crippen molar-refractivity contribution in [2.45, 2.75) is 10.3 Å². The molecular weight excluding hydrogens is 276 g/mol. The molecule has 1 aromatic heterocycles. The first-order chi connectivity index (χ1) is 8.36. The van der Waals surface area contributed by atoms with E-state index in [0.29, 0.717) is 19.0 Å². The molecule has 0 spiro atoms. The molecule has 0 saturated heterocycles. The zero-order valence-corrected chi connectivity index (χ0v) is 12.2. The monoisotopic (exact) mass is 292 g/mol. The molecule has 1 rings (SSSR count). The fourth-order valence-electron chi connectivity index (χ4n) is 1.58. The lowest BCUT2D eigenvalue weighted by molar-refractivity contribution is 0.199. The Hall–Kier alpha value is -0.850. The molecule has 102 valence electrons. The van der Waals surface area contributed by atoms with E-state index in [2.05, 4.69) is 4.98 Å². The Morgan fingerprint density at radius 2 is 2.22 bits per heavy atom. The fraction of sp³-hybridized carbons (Fsp3) is 0.545. The molecule has 1 unspecified atom stereocenters. The normalized spacial score (nSPS) is 13.3. The minimum atomic E-state index is -3.31. The predicted octanol–water partition coefficient (Wildman–Crippen LogP) is 1.18. The number of nitrogens with zero attached hydrogens (tertiary/aromatic N) is 2. The number of anilines is 1. The summed E-state index contributed by atoms with van der Waals surface area (Å²) in [5.41, 5.74) is 0. The van der Waals surface area contributed by atoms with Crippen LogP contribution in [0.15, 0.2) is 23.2 Å². The van der Waals surface area contributed by atoms with Crippen molar-refractivity contribution in [3.63, 3.8) is 0 Å². The van der Waals surface area contributed by atoms with Crippen LogP contribution in [0.1, 0.15) is 0 Å². The van der Waals surface area contributed by atoms with Crippen molar-refractivity contribution in [1.82, 2.24) is 4.98 Å². The average molecular weight is 293 g/mol. The molecule has 0 aliphatic carbocycles. The van der Waals surface area contributed by atoms with Gasteiger partial charge in [-0.1, -0.05) is 0 Å². The SMILES string of the molecule is COCC(Cl)CN(C)c1ncccc1S(C)(=O)=O. The maximum atomic E-state index is 11.6. The number of rotatable bonds is 6. The van der Waals surface area contributed by atoms with E-state index in [1.165, 1.54) is 6.07 Å². The first kappa shape index (κ1) is 15.2. The minimum absolute atomic E-state index is 0.203. The van der Waals surface area contributed by atoms with E-state index in [-0.39, 0.29) is 10.3 Å². The number of sulfone groups is 1. The fourth-order valence-corrected chi connectivity index (χ4v) is 2.77. The number of hydrogen-bond donors (Lipinski definition) is 0. The molecule has 5 nitrogen and oxygen atoms in total.